The monoisotopic (exact) mass is 1050 g/mol. The van der Waals surface area contributed by atoms with E-state index in [1.165, 1.54) is 9.80 Å². The zero-order valence-corrected chi connectivity index (χ0v) is 42.1. The van der Waals surface area contributed by atoms with Crippen LogP contribution in [0.2, 0.25) is 20.1 Å². The minimum Gasteiger partial charge on any atom is -0.334 e. The first-order valence-electron chi connectivity index (χ1n) is 21.9. The van der Waals surface area contributed by atoms with Crippen molar-refractivity contribution in [1.82, 2.24) is 9.80 Å². The van der Waals surface area contributed by atoms with Crippen molar-refractivity contribution in [2.75, 3.05) is 13.1 Å². The van der Waals surface area contributed by atoms with Crippen LogP contribution in [0.1, 0.15) is 107 Å². The molecule has 2 amide bonds. The number of hydrogen-bond acceptors (Lipinski definition) is 2. The number of carbonyl (C=O) groups is 2. The summed E-state index contributed by atoms with van der Waals surface area (Å²) >= 11 is 23.5. The Morgan fingerprint density at radius 1 is 0.429 bits per heavy atom. The molecule has 0 atom stereocenters. The molecule has 0 heterocycles. The summed E-state index contributed by atoms with van der Waals surface area (Å²) in [5.74, 6) is -4.11. The number of carbonyl (C=O) groups excluding carboxylic acids is 2. The van der Waals surface area contributed by atoms with Gasteiger partial charge in [0, 0.05) is 26.2 Å². The van der Waals surface area contributed by atoms with Gasteiger partial charge in [0.2, 0.25) is 0 Å². The minimum atomic E-state index is -4.79. The topological polar surface area (TPSA) is 40.6 Å². The molecule has 0 unspecified atom stereocenters. The molecule has 0 saturated heterocycles. The van der Waals surface area contributed by atoms with Crippen molar-refractivity contribution < 1.29 is 44.7 Å². The molecular weight excluding hydrogens is 1000 g/mol. The first-order chi connectivity index (χ1) is 32.5. The standard InChI is InChI=1S/C27H24Cl3F4NO.C27H26ClF4NO/c1-26(2,3)18-7-4-17(5-8-18)15-35(11-10-16-6-9-21(28)22(29)12-16)25(36)20-13-19(27(32,33)34)14-23(30)24(20)31;1-26(2,3)20-11-9-19(10-12-20)17-33(14-13-18-7-5-4-6-8-18)25(34)22-15-21(27(30,31)32)16-23(28)24(22)29/h4-9,12-14H,10-11,15H2,1-3H3;4-12,15-16H,13-14,17H2,1-3H3. The fourth-order valence-corrected chi connectivity index (χ4v) is 7.95. The molecule has 0 bridgehead atoms. The molecule has 70 heavy (non-hydrogen) atoms. The molecule has 0 N–H and O–H groups in total. The van der Waals surface area contributed by atoms with Crippen LogP contribution in [0.25, 0.3) is 0 Å². The third kappa shape index (κ3) is 15.2. The first-order valence-corrected chi connectivity index (χ1v) is 23.4. The van der Waals surface area contributed by atoms with Crippen LogP contribution in [-0.2, 0) is 49.1 Å². The smallest absolute Gasteiger partial charge is 0.334 e. The van der Waals surface area contributed by atoms with Gasteiger partial charge in [0.15, 0.2) is 11.6 Å². The van der Waals surface area contributed by atoms with Gasteiger partial charge in [0.1, 0.15) is 0 Å². The lowest BCUT2D eigenvalue weighted by Gasteiger charge is -2.25. The SMILES string of the molecule is CC(C)(C)c1ccc(CN(CCc2ccc(Cl)c(Cl)c2)C(=O)c2cc(C(F)(F)F)cc(Cl)c2F)cc1.CC(C)(C)c1ccc(CN(CCc2ccccc2)C(=O)c2cc(C(F)(F)F)cc(Cl)c2F)cc1. The normalized spacial score (nSPS) is 12.0. The van der Waals surface area contributed by atoms with Crippen molar-refractivity contribution in [2.24, 2.45) is 0 Å². The van der Waals surface area contributed by atoms with Gasteiger partial charge >= 0.3 is 12.4 Å². The van der Waals surface area contributed by atoms with E-state index >= 15 is 0 Å². The van der Waals surface area contributed by atoms with Crippen molar-refractivity contribution in [3.63, 3.8) is 0 Å². The van der Waals surface area contributed by atoms with Gasteiger partial charge in [-0.05, 0) is 93.5 Å². The fourth-order valence-electron chi connectivity index (χ4n) is 7.19. The van der Waals surface area contributed by atoms with Crippen LogP contribution >= 0.6 is 46.4 Å². The highest BCUT2D eigenvalue weighted by molar-refractivity contribution is 6.42. The average Bonchev–Trinajstić information content (AvgIpc) is 3.28. The molecule has 372 valence electrons. The summed E-state index contributed by atoms with van der Waals surface area (Å²) < 4.78 is 109. The maximum Gasteiger partial charge on any atom is 0.416 e. The number of amides is 2. The fraction of sp³-hybridized carbons (Fsp3) is 0.296. The van der Waals surface area contributed by atoms with Gasteiger partial charge < -0.3 is 9.80 Å². The molecule has 6 aromatic rings. The summed E-state index contributed by atoms with van der Waals surface area (Å²) in [5, 5.41) is -0.809. The van der Waals surface area contributed by atoms with Crippen molar-refractivity contribution >= 4 is 58.2 Å². The lowest BCUT2D eigenvalue weighted by molar-refractivity contribution is -0.138. The van der Waals surface area contributed by atoms with Crippen LogP contribution in [0.3, 0.4) is 0 Å². The van der Waals surface area contributed by atoms with Crippen LogP contribution in [0.15, 0.2) is 121 Å². The van der Waals surface area contributed by atoms with E-state index in [0.29, 0.717) is 47.2 Å². The van der Waals surface area contributed by atoms with Gasteiger partial charge in [-0.1, -0.05) is 173 Å². The zero-order valence-electron chi connectivity index (χ0n) is 39.0. The summed E-state index contributed by atoms with van der Waals surface area (Å²) in [5.41, 5.74) is 1.48. The predicted octanol–water partition coefficient (Wildman–Crippen LogP) is 16.7. The average molecular weight is 1050 g/mol. The summed E-state index contributed by atoms with van der Waals surface area (Å²) in [4.78, 5) is 29.3. The van der Waals surface area contributed by atoms with Crippen LogP contribution in [0, 0.1) is 11.6 Å². The Bertz CT molecular complexity index is 2770. The van der Waals surface area contributed by atoms with Crippen molar-refractivity contribution in [3.8, 4) is 0 Å². The molecule has 0 radical (unpaired) electrons. The van der Waals surface area contributed by atoms with Gasteiger partial charge in [-0.3, -0.25) is 9.59 Å². The van der Waals surface area contributed by atoms with E-state index in [0.717, 1.165) is 33.4 Å². The van der Waals surface area contributed by atoms with Gasteiger partial charge in [-0.15, -0.1) is 0 Å². The number of rotatable bonds is 12. The highest BCUT2D eigenvalue weighted by Gasteiger charge is 2.35. The van der Waals surface area contributed by atoms with Crippen LogP contribution in [0.4, 0.5) is 35.1 Å². The molecule has 0 saturated carbocycles. The number of alkyl halides is 6. The van der Waals surface area contributed by atoms with Crippen molar-refractivity contribution in [3.05, 3.63) is 209 Å². The summed E-state index contributed by atoms with van der Waals surface area (Å²) in [6.45, 7) is 12.9. The Labute approximate surface area is 423 Å². The van der Waals surface area contributed by atoms with Gasteiger partial charge in [0.25, 0.3) is 11.8 Å². The number of hydrogen-bond donors (Lipinski definition) is 0. The van der Waals surface area contributed by atoms with E-state index in [-0.39, 0.29) is 37.0 Å². The zero-order chi connectivity index (χ0) is 51.9. The van der Waals surface area contributed by atoms with Crippen LogP contribution in [-0.4, -0.2) is 34.7 Å². The number of benzene rings is 6. The first kappa shape index (κ1) is 55.8. The van der Waals surface area contributed by atoms with E-state index in [2.05, 4.69) is 41.5 Å². The third-order valence-corrected chi connectivity index (χ3v) is 12.6. The molecule has 0 aromatic heterocycles. The van der Waals surface area contributed by atoms with E-state index in [4.69, 9.17) is 46.4 Å². The largest absolute Gasteiger partial charge is 0.416 e. The Morgan fingerprint density at radius 3 is 1.16 bits per heavy atom. The second-order valence-electron chi connectivity index (χ2n) is 18.7. The van der Waals surface area contributed by atoms with E-state index in [9.17, 15) is 44.7 Å². The molecule has 6 aromatic carbocycles. The van der Waals surface area contributed by atoms with Crippen LogP contribution in [0.5, 0.6) is 0 Å². The molecule has 0 aliphatic rings. The van der Waals surface area contributed by atoms with Crippen LogP contribution < -0.4 is 0 Å². The molecule has 6 rings (SSSR count). The van der Waals surface area contributed by atoms with E-state index in [1.54, 1.807) is 18.2 Å². The highest BCUT2D eigenvalue weighted by atomic mass is 35.5. The Balaban J connectivity index is 0.000000261. The predicted molar refractivity (Wildman–Crippen MR) is 263 cm³/mol. The van der Waals surface area contributed by atoms with Crippen molar-refractivity contribution in [1.29, 1.82) is 0 Å². The third-order valence-electron chi connectivity index (χ3n) is 11.3. The summed E-state index contributed by atoms with van der Waals surface area (Å²) in [6.07, 6.45) is -8.78. The molecular formula is C54H50Cl4F8N2O2. The summed E-state index contributed by atoms with van der Waals surface area (Å²) in [7, 11) is 0. The lowest BCUT2D eigenvalue weighted by Crippen LogP contribution is -2.33. The minimum absolute atomic E-state index is 0.0535. The quantitative estimate of drug-likeness (QED) is 0.115. The maximum absolute atomic E-state index is 14.8. The molecule has 0 aliphatic carbocycles. The highest BCUT2D eigenvalue weighted by Crippen LogP contribution is 2.36. The van der Waals surface area contributed by atoms with E-state index < -0.39 is 68.1 Å². The molecule has 0 spiro atoms. The maximum atomic E-state index is 14.8. The van der Waals surface area contributed by atoms with Gasteiger partial charge in [-0.25, -0.2) is 8.78 Å². The van der Waals surface area contributed by atoms with Crippen molar-refractivity contribution in [2.45, 2.75) is 90.7 Å². The van der Waals surface area contributed by atoms with Gasteiger partial charge in [-0.2, -0.15) is 26.3 Å². The van der Waals surface area contributed by atoms with E-state index in [1.807, 2.05) is 78.9 Å². The Morgan fingerprint density at radius 2 is 0.800 bits per heavy atom. The Hall–Kier alpha value is -5.14. The molecule has 0 aliphatic heterocycles. The summed E-state index contributed by atoms with van der Waals surface area (Å²) in [6, 6.07) is 31.6. The second-order valence-corrected chi connectivity index (χ2v) is 20.3. The number of nitrogens with zero attached hydrogens (tertiary/aromatic N) is 2. The number of halogens is 12. The molecule has 4 nitrogen and oxygen atoms in total. The molecule has 0 fully saturated rings. The second kappa shape index (κ2) is 22.9. The van der Waals surface area contributed by atoms with Gasteiger partial charge in [0.05, 0.1) is 42.3 Å². The lowest BCUT2D eigenvalue weighted by atomic mass is 9.86. The molecule has 16 heteroatoms. The Kier molecular flexibility index (Phi) is 18.3.